The molecule has 0 spiro atoms. The highest BCUT2D eigenvalue weighted by molar-refractivity contribution is 14.0. The maximum atomic E-state index is 5.29. The molecule has 0 unspecified atom stereocenters. The summed E-state index contributed by atoms with van der Waals surface area (Å²) < 4.78 is 5.29. The van der Waals surface area contributed by atoms with Crippen LogP contribution in [-0.2, 0) is 5.41 Å². The first-order chi connectivity index (χ1) is 9.53. The Balaban J connectivity index is 0.00000400. The summed E-state index contributed by atoms with van der Waals surface area (Å²) in [6, 6.07) is 8.19. The molecular formula is C16H28IN3O. The Labute approximate surface area is 145 Å². The number of nitrogens with zero attached hydrogens (tertiary/aromatic N) is 1. The number of hydrogen-bond acceptors (Lipinski definition) is 2. The van der Waals surface area contributed by atoms with Gasteiger partial charge in [-0.25, -0.2) is 0 Å². The van der Waals surface area contributed by atoms with Crippen LogP contribution in [-0.4, -0.2) is 32.7 Å². The highest BCUT2D eigenvalue weighted by Crippen LogP contribution is 2.26. The average Bonchev–Trinajstić information content (AvgIpc) is 2.45. The van der Waals surface area contributed by atoms with Crippen molar-refractivity contribution in [2.45, 2.75) is 33.1 Å². The van der Waals surface area contributed by atoms with Crippen LogP contribution in [0.5, 0.6) is 5.75 Å². The van der Waals surface area contributed by atoms with E-state index in [1.54, 1.807) is 7.11 Å². The van der Waals surface area contributed by atoms with E-state index < -0.39 is 0 Å². The summed E-state index contributed by atoms with van der Waals surface area (Å²) in [5.74, 6) is 1.75. The molecule has 5 heteroatoms. The number of halogens is 1. The van der Waals surface area contributed by atoms with Gasteiger partial charge in [-0.15, -0.1) is 24.0 Å². The molecule has 0 saturated heterocycles. The van der Waals surface area contributed by atoms with E-state index in [0.29, 0.717) is 0 Å². The Bertz CT molecular complexity index is 439. The van der Waals surface area contributed by atoms with Gasteiger partial charge in [-0.05, 0) is 31.5 Å². The minimum Gasteiger partial charge on any atom is -0.497 e. The number of benzene rings is 1. The number of hydrogen-bond donors (Lipinski definition) is 2. The van der Waals surface area contributed by atoms with E-state index in [2.05, 4.69) is 55.5 Å². The molecule has 0 fully saturated rings. The molecule has 0 aliphatic rings. The van der Waals surface area contributed by atoms with Crippen LogP contribution >= 0.6 is 24.0 Å². The van der Waals surface area contributed by atoms with Gasteiger partial charge in [0.05, 0.1) is 13.7 Å². The van der Waals surface area contributed by atoms with Gasteiger partial charge in [-0.2, -0.15) is 0 Å². The molecule has 0 radical (unpaired) electrons. The normalized spacial score (nSPS) is 10.3. The molecule has 0 aromatic heterocycles. The number of methoxy groups -OCH3 is 1. The third kappa shape index (κ3) is 6.54. The van der Waals surface area contributed by atoms with Gasteiger partial charge in [0.15, 0.2) is 5.96 Å². The molecule has 21 heavy (non-hydrogen) atoms. The van der Waals surface area contributed by atoms with Crippen molar-refractivity contribution < 1.29 is 4.74 Å². The van der Waals surface area contributed by atoms with E-state index in [-0.39, 0.29) is 29.4 Å². The molecule has 0 aliphatic heterocycles. The van der Waals surface area contributed by atoms with Gasteiger partial charge in [0.1, 0.15) is 5.75 Å². The third-order valence-corrected chi connectivity index (χ3v) is 3.17. The van der Waals surface area contributed by atoms with E-state index in [4.69, 9.17) is 4.74 Å². The minimum atomic E-state index is -0.0371. The van der Waals surface area contributed by atoms with Crippen LogP contribution in [0.2, 0.25) is 0 Å². The molecule has 2 N–H and O–H groups in total. The average molecular weight is 405 g/mol. The second-order valence-corrected chi connectivity index (χ2v) is 5.34. The SMILES string of the molecule is CCNC(=NCC(C)(C)c1cccc(OC)c1)NCC.I. The van der Waals surface area contributed by atoms with Crippen molar-refractivity contribution in [2.24, 2.45) is 4.99 Å². The largest absolute Gasteiger partial charge is 0.497 e. The van der Waals surface area contributed by atoms with Crippen LogP contribution in [0.4, 0.5) is 0 Å². The van der Waals surface area contributed by atoms with Crippen molar-refractivity contribution in [3.63, 3.8) is 0 Å². The molecule has 0 saturated carbocycles. The zero-order valence-electron chi connectivity index (χ0n) is 13.7. The zero-order chi connectivity index (χ0) is 15.0. The number of nitrogens with one attached hydrogen (secondary N) is 2. The standard InChI is InChI=1S/C16H27N3O.HI/c1-6-17-15(18-7-2)19-12-16(3,4)13-9-8-10-14(11-13)20-5;/h8-11H,6-7,12H2,1-5H3,(H2,17,18,19);1H. The molecule has 1 aromatic rings. The lowest BCUT2D eigenvalue weighted by Gasteiger charge is -2.24. The van der Waals surface area contributed by atoms with Crippen molar-refractivity contribution in [3.8, 4) is 5.75 Å². The Morgan fingerprint density at radius 1 is 1.19 bits per heavy atom. The molecular weight excluding hydrogens is 377 g/mol. The first-order valence-corrected chi connectivity index (χ1v) is 7.20. The molecule has 0 heterocycles. The van der Waals surface area contributed by atoms with E-state index >= 15 is 0 Å². The Morgan fingerprint density at radius 3 is 2.33 bits per heavy atom. The summed E-state index contributed by atoms with van der Waals surface area (Å²) >= 11 is 0. The lowest BCUT2D eigenvalue weighted by molar-refractivity contribution is 0.412. The highest BCUT2D eigenvalue weighted by atomic mass is 127. The minimum absolute atomic E-state index is 0. The van der Waals surface area contributed by atoms with Gasteiger partial charge >= 0.3 is 0 Å². The summed E-state index contributed by atoms with van der Waals surface area (Å²) in [6.45, 7) is 11.0. The van der Waals surface area contributed by atoms with E-state index in [0.717, 1.165) is 31.3 Å². The Kier molecular flexibility index (Phi) is 9.41. The first kappa shape index (κ1) is 20.0. The molecule has 120 valence electrons. The van der Waals surface area contributed by atoms with Gasteiger partial charge in [0, 0.05) is 18.5 Å². The van der Waals surface area contributed by atoms with Gasteiger partial charge in [0.25, 0.3) is 0 Å². The smallest absolute Gasteiger partial charge is 0.191 e. The van der Waals surface area contributed by atoms with E-state index in [9.17, 15) is 0 Å². The topological polar surface area (TPSA) is 45.7 Å². The van der Waals surface area contributed by atoms with Gasteiger partial charge < -0.3 is 15.4 Å². The van der Waals surface area contributed by atoms with Crippen molar-refractivity contribution in [2.75, 3.05) is 26.7 Å². The van der Waals surface area contributed by atoms with Crippen molar-refractivity contribution >= 4 is 29.9 Å². The van der Waals surface area contributed by atoms with Crippen LogP contribution < -0.4 is 15.4 Å². The highest BCUT2D eigenvalue weighted by Gasteiger charge is 2.21. The van der Waals surface area contributed by atoms with Gasteiger partial charge in [0.2, 0.25) is 0 Å². The first-order valence-electron chi connectivity index (χ1n) is 7.20. The van der Waals surface area contributed by atoms with Crippen molar-refractivity contribution in [3.05, 3.63) is 29.8 Å². The van der Waals surface area contributed by atoms with Crippen LogP contribution in [0.25, 0.3) is 0 Å². The lowest BCUT2D eigenvalue weighted by atomic mass is 9.85. The predicted octanol–water partition coefficient (Wildman–Crippen LogP) is 3.17. The molecule has 0 amide bonds. The number of ether oxygens (including phenoxy) is 1. The van der Waals surface area contributed by atoms with Crippen LogP contribution in [0.3, 0.4) is 0 Å². The van der Waals surface area contributed by atoms with Crippen LogP contribution in [0.15, 0.2) is 29.3 Å². The molecule has 4 nitrogen and oxygen atoms in total. The van der Waals surface area contributed by atoms with E-state index in [1.807, 2.05) is 12.1 Å². The maximum absolute atomic E-state index is 5.29. The Hall–Kier alpha value is -0.980. The quantitative estimate of drug-likeness (QED) is 0.434. The summed E-state index contributed by atoms with van der Waals surface area (Å²) in [5, 5.41) is 6.49. The van der Waals surface area contributed by atoms with Gasteiger partial charge in [-0.1, -0.05) is 26.0 Å². The van der Waals surface area contributed by atoms with E-state index in [1.165, 1.54) is 5.56 Å². The fourth-order valence-electron chi connectivity index (χ4n) is 1.92. The second kappa shape index (κ2) is 9.87. The number of aliphatic imine (C=N–C) groups is 1. The number of guanidine groups is 1. The Morgan fingerprint density at radius 2 is 1.81 bits per heavy atom. The molecule has 0 aliphatic carbocycles. The summed E-state index contributed by atoms with van der Waals surface area (Å²) in [7, 11) is 1.69. The maximum Gasteiger partial charge on any atom is 0.191 e. The van der Waals surface area contributed by atoms with Gasteiger partial charge in [-0.3, -0.25) is 4.99 Å². The predicted molar refractivity (Wildman–Crippen MR) is 101 cm³/mol. The fourth-order valence-corrected chi connectivity index (χ4v) is 1.92. The fraction of sp³-hybridized carbons (Fsp3) is 0.562. The summed E-state index contributed by atoms with van der Waals surface area (Å²) in [5.41, 5.74) is 1.19. The molecule has 1 aromatic carbocycles. The summed E-state index contributed by atoms with van der Waals surface area (Å²) in [6.07, 6.45) is 0. The third-order valence-electron chi connectivity index (χ3n) is 3.17. The second-order valence-electron chi connectivity index (χ2n) is 5.34. The summed E-state index contributed by atoms with van der Waals surface area (Å²) in [4.78, 5) is 4.66. The molecule has 1 rings (SSSR count). The molecule has 0 atom stereocenters. The van der Waals surface area contributed by atoms with Crippen molar-refractivity contribution in [1.29, 1.82) is 0 Å². The van der Waals surface area contributed by atoms with Crippen molar-refractivity contribution in [1.82, 2.24) is 10.6 Å². The van der Waals surface area contributed by atoms with Crippen LogP contribution in [0.1, 0.15) is 33.3 Å². The number of rotatable bonds is 6. The van der Waals surface area contributed by atoms with Crippen LogP contribution in [0, 0.1) is 0 Å². The molecule has 0 bridgehead atoms. The monoisotopic (exact) mass is 405 g/mol. The lowest BCUT2D eigenvalue weighted by Crippen LogP contribution is -2.38. The zero-order valence-corrected chi connectivity index (χ0v) is 16.0.